The average molecular weight is 274 g/mol. The van der Waals surface area contributed by atoms with Gasteiger partial charge in [-0.25, -0.2) is 4.98 Å². The van der Waals surface area contributed by atoms with E-state index in [0.717, 1.165) is 0 Å². The molecular formula is C15H18N2O3. The van der Waals surface area contributed by atoms with Crippen LogP contribution in [0.2, 0.25) is 0 Å². The summed E-state index contributed by atoms with van der Waals surface area (Å²) in [6.07, 6.45) is 0.653. The van der Waals surface area contributed by atoms with Crippen molar-refractivity contribution in [1.29, 1.82) is 0 Å². The first-order valence-corrected chi connectivity index (χ1v) is 6.43. The number of hydrogen-bond donors (Lipinski definition) is 1. The summed E-state index contributed by atoms with van der Waals surface area (Å²) in [5, 5.41) is 0. The Morgan fingerprint density at radius 3 is 2.30 bits per heavy atom. The Balaban J connectivity index is 2.80. The van der Waals surface area contributed by atoms with Crippen LogP contribution in [0.25, 0.3) is 11.3 Å². The molecule has 20 heavy (non-hydrogen) atoms. The van der Waals surface area contributed by atoms with Crippen LogP contribution in [0.1, 0.15) is 18.3 Å². The first-order chi connectivity index (χ1) is 9.62. The molecule has 0 saturated heterocycles. The number of nitrogens with one attached hydrogen (secondary N) is 1. The van der Waals surface area contributed by atoms with E-state index < -0.39 is 0 Å². The number of methoxy groups -OCH3 is 2. The van der Waals surface area contributed by atoms with Crippen molar-refractivity contribution in [1.82, 2.24) is 9.97 Å². The molecule has 2 rings (SSSR count). The van der Waals surface area contributed by atoms with E-state index in [0.29, 0.717) is 40.6 Å². The Morgan fingerprint density at radius 1 is 1.20 bits per heavy atom. The Hall–Kier alpha value is -2.30. The number of benzene rings is 1. The Morgan fingerprint density at radius 2 is 1.80 bits per heavy atom. The summed E-state index contributed by atoms with van der Waals surface area (Å²) in [6, 6.07) is 5.49. The van der Waals surface area contributed by atoms with Gasteiger partial charge in [-0.05, 0) is 19.1 Å². The van der Waals surface area contributed by atoms with Crippen molar-refractivity contribution in [3.63, 3.8) is 0 Å². The van der Waals surface area contributed by atoms with E-state index in [9.17, 15) is 4.79 Å². The number of rotatable bonds is 4. The fourth-order valence-corrected chi connectivity index (χ4v) is 2.07. The SMILES string of the molecule is CCc1nc(-c2c(OC)cccc2OC)c(C)c(=O)[nH]1. The summed E-state index contributed by atoms with van der Waals surface area (Å²) in [5.41, 5.74) is 1.71. The van der Waals surface area contributed by atoms with Gasteiger partial charge in [0, 0.05) is 12.0 Å². The van der Waals surface area contributed by atoms with E-state index in [1.165, 1.54) is 0 Å². The molecule has 0 spiro atoms. The second-order valence-electron chi connectivity index (χ2n) is 4.38. The number of nitrogens with zero attached hydrogens (tertiary/aromatic N) is 1. The standard InChI is InChI=1S/C15H18N2O3/c1-5-12-16-14(9(2)15(18)17-12)13-10(19-3)7-6-8-11(13)20-4/h6-8H,5H2,1-4H3,(H,16,17,18). The molecule has 0 fully saturated rings. The van der Waals surface area contributed by atoms with Crippen LogP contribution in [0.5, 0.6) is 11.5 Å². The van der Waals surface area contributed by atoms with Crippen LogP contribution in [-0.2, 0) is 6.42 Å². The van der Waals surface area contributed by atoms with Gasteiger partial charge in [0.05, 0.1) is 25.5 Å². The summed E-state index contributed by atoms with van der Waals surface area (Å²) < 4.78 is 10.8. The number of aromatic nitrogens is 2. The molecule has 0 unspecified atom stereocenters. The lowest BCUT2D eigenvalue weighted by molar-refractivity contribution is 0.397. The Kier molecular flexibility index (Phi) is 4.08. The molecular weight excluding hydrogens is 256 g/mol. The normalized spacial score (nSPS) is 10.4. The predicted molar refractivity (Wildman–Crippen MR) is 77.5 cm³/mol. The molecule has 1 aromatic carbocycles. The van der Waals surface area contributed by atoms with Gasteiger partial charge in [0.25, 0.3) is 5.56 Å². The topological polar surface area (TPSA) is 64.2 Å². The second kappa shape index (κ2) is 5.77. The summed E-state index contributed by atoms with van der Waals surface area (Å²) >= 11 is 0. The third kappa shape index (κ3) is 2.39. The third-order valence-electron chi connectivity index (χ3n) is 3.20. The van der Waals surface area contributed by atoms with Gasteiger partial charge in [0.15, 0.2) is 0 Å². The fraction of sp³-hybridized carbons (Fsp3) is 0.333. The lowest BCUT2D eigenvalue weighted by Crippen LogP contribution is -2.16. The minimum absolute atomic E-state index is 0.139. The molecule has 0 bridgehead atoms. The minimum atomic E-state index is -0.139. The lowest BCUT2D eigenvalue weighted by atomic mass is 10.1. The fourth-order valence-electron chi connectivity index (χ4n) is 2.07. The first-order valence-electron chi connectivity index (χ1n) is 6.43. The van der Waals surface area contributed by atoms with Crippen molar-refractivity contribution in [2.75, 3.05) is 14.2 Å². The van der Waals surface area contributed by atoms with Crippen LogP contribution in [0.4, 0.5) is 0 Å². The highest BCUT2D eigenvalue weighted by molar-refractivity contribution is 5.76. The molecule has 106 valence electrons. The molecule has 0 saturated carbocycles. The monoisotopic (exact) mass is 274 g/mol. The van der Waals surface area contributed by atoms with Gasteiger partial charge in [-0.15, -0.1) is 0 Å². The summed E-state index contributed by atoms with van der Waals surface area (Å²) in [4.78, 5) is 19.3. The maximum absolute atomic E-state index is 12.0. The van der Waals surface area contributed by atoms with Crippen LogP contribution in [-0.4, -0.2) is 24.2 Å². The van der Waals surface area contributed by atoms with E-state index in [1.54, 1.807) is 21.1 Å². The summed E-state index contributed by atoms with van der Waals surface area (Å²) in [6.45, 7) is 3.68. The maximum atomic E-state index is 12.0. The molecule has 0 aliphatic rings. The van der Waals surface area contributed by atoms with Gasteiger partial charge in [-0.2, -0.15) is 0 Å². The van der Waals surface area contributed by atoms with Crippen molar-refractivity contribution in [3.05, 3.63) is 39.9 Å². The second-order valence-corrected chi connectivity index (χ2v) is 4.38. The van der Waals surface area contributed by atoms with E-state index >= 15 is 0 Å². The Bertz CT molecular complexity index is 655. The molecule has 2 aromatic rings. The van der Waals surface area contributed by atoms with Crippen molar-refractivity contribution in [2.45, 2.75) is 20.3 Å². The van der Waals surface area contributed by atoms with Crippen LogP contribution in [0.15, 0.2) is 23.0 Å². The average Bonchev–Trinajstić information content (AvgIpc) is 2.49. The highest BCUT2D eigenvalue weighted by atomic mass is 16.5. The highest BCUT2D eigenvalue weighted by Gasteiger charge is 2.18. The number of aryl methyl sites for hydroxylation is 1. The molecule has 1 heterocycles. The quantitative estimate of drug-likeness (QED) is 0.929. The van der Waals surface area contributed by atoms with Crippen molar-refractivity contribution in [2.24, 2.45) is 0 Å². The molecule has 5 heteroatoms. The zero-order valence-corrected chi connectivity index (χ0v) is 12.1. The predicted octanol–water partition coefficient (Wildman–Crippen LogP) is 2.32. The summed E-state index contributed by atoms with van der Waals surface area (Å²) in [7, 11) is 3.17. The third-order valence-corrected chi connectivity index (χ3v) is 3.20. The van der Waals surface area contributed by atoms with Gasteiger partial charge >= 0.3 is 0 Å². The van der Waals surface area contributed by atoms with Gasteiger partial charge < -0.3 is 14.5 Å². The van der Waals surface area contributed by atoms with Gasteiger partial charge in [-0.1, -0.05) is 13.0 Å². The molecule has 0 amide bonds. The highest BCUT2D eigenvalue weighted by Crippen LogP contribution is 2.37. The van der Waals surface area contributed by atoms with Crippen LogP contribution >= 0.6 is 0 Å². The molecule has 5 nitrogen and oxygen atoms in total. The van der Waals surface area contributed by atoms with E-state index in [4.69, 9.17) is 9.47 Å². The van der Waals surface area contributed by atoms with E-state index in [1.807, 2.05) is 25.1 Å². The number of hydrogen-bond acceptors (Lipinski definition) is 4. The summed E-state index contributed by atoms with van der Waals surface area (Å²) in [5.74, 6) is 1.91. The van der Waals surface area contributed by atoms with Crippen molar-refractivity contribution >= 4 is 0 Å². The van der Waals surface area contributed by atoms with E-state index in [2.05, 4.69) is 9.97 Å². The molecule has 0 atom stereocenters. The van der Waals surface area contributed by atoms with Gasteiger partial charge in [0.1, 0.15) is 17.3 Å². The van der Waals surface area contributed by atoms with Crippen molar-refractivity contribution < 1.29 is 9.47 Å². The van der Waals surface area contributed by atoms with Gasteiger partial charge in [-0.3, -0.25) is 4.79 Å². The number of aromatic amines is 1. The molecule has 0 radical (unpaired) electrons. The number of ether oxygens (including phenoxy) is 2. The van der Waals surface area contributed by atoms with Crippen LogP contribution in [0, 0.1) is 6.92 Å². The van der Waals surface area contributed by atoms with Crippen LogP contribution < -0.4 is 15.0 Å². The zero-order valence-electron chi connectivity index (χ0n) is 12.1. The maximum Gasteiger partial charge on any atom is 0.254 e. The largest absolute Gasteiger partial charge is 0.496 e. The first kappa shape index (κ1) is 14.1. The number of H-pyrrole nitrogens is 1. The molecule has 1 aromatic heterocycles. The molecule has 0 aliphatic heterocycles. The van der Waals surface area contributed by atoms with Gasteiger partial charge in [0.2, 0.25) is 0 Å². The molecule has 1 N–H and O–H groups in total. The van der Waals surface area contributed by atoms with E-state index in [-0.39, 0.29) is 5.56 Å². The van der Waals surface area contributed by atoms with Crippen molar-refractivity contribution in [3.8, 4) is 22.8 Å². The Labute approximate surface area is 117 Å². The molecule has 0 aliphatic carbocycles. The van der Waals surface area contributed by atoms with Crippen LogP contribution in [0.3, 0.4) is 0 Å². The lowest BCUT2D eigenvalue weighted by Gasteiger charge is -2.14. The minimum Gasteiger partial charge on any atom is -0.496 e. The zero-order chi connectivity index (χ0) is 14.7. The smallest absolute Gasteiger partial charge is 0.254 e.